The van der Waals surface area contributed by atoms with Crippen molar-refractivity contribution in [3.05, 3.63) is 40.9 Å². The number of nitrogen functional groups attached to an aromatic ring is 1. The van der Waals surface area contributed by atoms with E-state index in [4.69, 9.17) is 17.3 Å². The molecule has 0 aliphatic carbocycles. The molecule has 100 valence electrons. The van der Waals surface area contributed by atoms with Gasteiger partial charge >= 0.3 is 0 Å². The summed E-state index contributed by atoms with van der Waals surface area (Å²) in [6.45, 7) is 2.35. The molecular weight excluding hydrogens is 271 g/mol. The third-order valence-corrected chi connectivity index (χ3v) is 2.87. The second kappa shape index (κ2) is 5.27. The highest BCUT2D eigenvalue weighted by Gasteiger charge is 2.16. The van der Waals surface area contributed by atoms with Gasteiger partial charge in [-0.1, -0.05) is 11.6 Å². The number of carbonyl (C=O) groups is 1. The van der Waals surface area contributed by atoms with Gasteiger partial charge in [0.25, 0.3) is 5.91 Å². The standard InChI is InChI=1S/C12H12ClFN4O/c1-2-18-11(10(15)6-16-18)12(19)17-7-3-4-8(13)9(14)5-7/h3-6H,2,15H2,1H3,(H,17,19). The largest absolute Gasteiger partial charge is 0.396 e. The number of aromatic nitrogens is 2. The Balaban J connectivity index is 2.25. The molecule has 3 N–H and O–H groups in total. The van der Waals surface area contributed by atoms with Crippen molar-refractivity contribution in [2.75, 3.05) is 11.1 Å². The predicted octanol–water partition coefficient (Wildman–Crippen LogP) is 2.53. The molecule has 2 aromatic rings. The van der Waals surface area contributed by atoms with Crippen LogP contribution in [-0.4, -0.2) is 15.7 Å². The summed E-state index contributed by atoms with van der Waals surface area (Å²) in [7, 11) is 0. The molecule has 0 aliphatic rings. The first-order valence-corrected chi connectivity index (χ1v) is 5.98. The van der Waals surface area contributed by atoms with Crippen molar-refractivity contribution in [1.82, 2.24) is 9.78 Å². The minimum Gasteiger partial charge on any atom is -0.396 e. The molecule has 1 aromatic carbocycles. The van der Waals surface area contributed by atoms with Crippen LogP contribution in [0.2, 0.25) is 5.02 Å². The minimum absolute atomic E-state index is 0.00360. The smallest absolute Gasteiger partial charge is 0.276 e. The number of hydrogen-bond acceptors (Lipinski definition) is 3. The third kappa shape index (κ3) is 2.68. The molecule has 0 aliphatic heterocycles. The highest BCUT2D eigenvalue weighted by Crippen LogP contribution is 2.20. The van der Waals surface area contributed by atoms with E-state index in [9.17, 15) is 9.18 Å². The van der Waals surface area contributed by atoms with Gasteiger partial charge < -0.3 is 11.1 Å². The summed E-state index contributed by atoms with van der Waals surface area (Å²) >= 11 is 5.57. The van der Waals surface area contributed by atoms with Crippen LogP contribution in [0.15, 0.2) is 24.4 Å². The molecule has 1 aromatic heterocycles. The van der Waals surface area contributed by atoms with Crippen molar-refractivity contribution in [2.24, 2.45) is 0 Å². The van der Waals surface area contributed by atoms with Gasteiger partial charge in [0, 0.05) is 12.2 Å². The van der Waals surface area contributed by atoms with Crippen LogP contribution in [0.4, 0.5) is 15.8 Å². The summed E-state index contributed by atoms with van der Waals surface area (Å²) in [5.74, 6) is -1.05. The van der Waals surface area contributed by atoms with E-state index in [1.54, 1.807) is 0 Å². The second-order valence-electron chi connectivity index (χ2n) is 3.85. The number of benzene rings is 1. The predicted molar refractivity (Wildman–Crippen MR) is 71.7 cm³/mol. The molecular formula is C12H12ClFN4O. The first kappa shape index (κ1) is 13.4. The van der Waals surface area contributed by atoms with Gasteiger partial charge in [-0.15, -0.1) is 0 Å². The lowest BCUT2D eigenvalue weighted by Crippen LogP contribution is -2.18. The maximum absolute atomic E-state index is 13.3. The van der Waals surface area contributed by atoms with E-state index in [2.05, 4.69) is 10.4 Å². The number of aryl methyl sites for hydroxylation is 1. The number of nitrogens with zero attached hydrogens (tertiary/aromatic N) is 2. The van der Waals surface area contributed by atoms with Crippen LogP contribution in [0, 0.1) is 5.82 Å². The average Bonchev–Trinajstić information content (AvgIpc) is 2.75. The van der Waals surface area contributed by atoms with Crippen LogP contribution in [0.3, 0.4) is 0 Å². The molecule has 0 atom stereocenters. The summed E-state index contributed by atoms with van der Waals surface area (Å²) < 4.78 is 14.7. The van der Waals surface area contributed by atoms with Crippen molar-refractivity contribution in [3.8, 4) is 0 Å². The van der Waals surface area contributed by atoms with E-state index in [1.807, 2.05) is 6.92 Å². The molecule has 0 saturated heterocycles. The highest BCUT2D eigenvalue weighted by atomic mass is 35.5. The lowest BCUT2D eigenvalue weighted by molar-refractivity contribution is 0.101. The number of halogens is 2. The lowest BCUT2D eigenvalue weighted by Gasteiger charge is -2.08. The van der Waals surface area contributed by atoms with E-state index >= 15 is 0 Å². The number of nitrogens with two attached hydrogens (primary N) is 1. The van der Waals surface area contributed by atoms with Crippen molar-refractivity contribution < 1.29 is 9.18 Å². The summed E-state index contributed by atoms with van der Waals surface area (Å²) in [5, 5.41) is 6.51. The molecule has 0 bridgehead atoms. The number of anilines is 2. The van der Waals surface area contributed by atoms with Crippen molar-refractivity contribution in [1.29, 1.82) is 0 Å². The molecule has 0 radical (unpaired) electrons. The van der Waals surface area contributed by atoms with E-state index in [0.717, 1.165) is 6.07 Å². The molecule has 7 heteroatoms. The number of carbonyl (C=O) groups excluding carboxylic acids is 1. The molecule has 0 saturated carbocycles. The zero-order valence-corrected chi connectivity index (χ0v) is 10.9. The molecule has 5 nitrogen and oxygen atoms in total. The van der Waals surface area contributed by atoms with Crippen LogP contribution in [-0.2, 0) is 6.54 Å². The number of rotatable bonds is 3. The van der Waals surface area contributed by atoms with Gasteiger partial charge in [-0.25, -0.2) is 4.39 Å². The SMILES string of the molecule is CCn1ncc(N)c1C(=O)Nc1ccc(Cl)c(F)c1. The van der Waals surface area contributed by atoms with E-state index in [1.165, 1.54) is 23.0 Å². The van der Waals surface area contributed by atoms with E-state index in [-0.39, 0.29) is 16.4 Å². The second-order valence-corrected chi connectivity index (χ2v) is 4.25. The van der Waals surface area contributed by atoms with Crippen LogP contribution in [0.25, 0.3) is 0 Å². The molecule has 0 unspecified atom stereocenters. The maximum Gasteiger partial charge on any atom is 0.276 e. The van der Waals surface area contributed by atoms with Gasteiger partial charge in [0.2, 0.25) is 0 Å². The summed E-state index contributed by atoms with van der Waals surface area (Å²) in [6, 6.07) is 4.02. The first-order valence-electron chi connectivity index (χ1n) is 5.60. The normalized spacial score (nSPS) is 10.5. The number of nitrogens with one attached hydrogen (secondary N) is 1. The van der Waals surface area contributed by atoms with Gasteiger partial charge in [0.15, 0.2) is 0 Å². The zero-order chi connectivity index (χ0) is 14.0. The Morgan fingerprint density at radius 1 is 1.58 bits per heavy atom. The molecule has 1 heterocycles. The van der Waals surface area contributed by atoms with Crippen molar-refractivity contribution in [2.45, 2.75) is 13.5 Å². The minimum atomic E-state index is -0.601. The van der Waals surface area contributed by atoms with Gasteiger partial charge in [0.1, 0.15) is 11.5 Å². The molecule has 0 fully saturated rings. The Bertz CT molecular complexity index is 626. The Kier molecular flexibility index (Phi) is 3.71. The Morgan fingerprint density at radius 2 is 2.32 bits per heavy atom. The summed E-state index contributed by atoms with van der Waals surface area (Å²) in [6.07, 6.45) is 1.40. The topological polar surface area (TPSA) is 72.9 Å². The zero-order valence-electron chi connectivity index (χ0n) is 10.2. The Labute approximate surface area is 114 Å². The summed E-state index contributed by atoms with van der Waals surface area (Å²) in [5.41, 5.74) is 6.51. The van der Waals surface area contributed by atoms with Crippen LogP contribution in [0.5, 0.6) is 0 Å². The average molecular weight is 283 g/mol. The summed E-state index contributed by atoms with van der Waals surface area (Å²) in [4.78, 5) is 12.1. The maximum atomic E-state index is 13.3. The highest BCUT2D eigenvalue weighted by molar-refractivity contribution is 6.30. The van der Waals surface area contributed by atoms with Crippen LogP contribution < -0.4 is 11.1 Å². The number of hydrogen-bond donors (Lipinski definition) is 2. The van der Waals surface area contributed by atoms with Gasteiger partial charge in [-0.2, -0.15) is 5.10 Å². The lowest BCUT2D eigenvalue weighted by atomic mass is 10.3. The van der Waals surface area contributed by atoms with Crippen molar-refractivity contribution >= 4 is 28.9 Å². The Hall–Kier alpha value is -2.08. The van der Waals surface area contributed by atoms with Crippen molar-refractivity contribution in [3.63, 3.8) is 0 Å². The van der Waals surface area contributed by atoms with Crippen LogP contribution in [0.1, 0.15) is 17.4 Å². The van der Waals surface area contributed by atoms with E-state index in [0.29, 0.717) is 12.2 Å². The van der Waals surface area contributed by atoms with Gasteiger partial charge in [-0.3, -0.25) is 9.48 Å². The Morgan fingerprint density at radius 3 is 2.95 bits per heavy atom. The number of amides is 1. The fourth-order valence-corrected chi connectivity index (χ4v) is 1.77. The fourth-order valence-electron chi connectivity index (χ4n) is 1.65. The molecule has 2 rings (SSSR count). The third-order valence-electron chi connectivity index (χ3n) is 2.56. The monoisotopic (exact) mass is 282 g/mol. The van der Waals surface area contributed by atoms with Gasteiger partial charge in [0.05, 0.1) is 16.9 Å². The molecule has 1 amide bonds. The molecule has 0 spiro atoms. The fraction of sp³-hybridized carbons (Fsp3) is 0.167. The molecule has 19 heavy (non-hydrogen) atoms. The van der Waals surface area contributed by atoms with Gasteiger partial charge in [-0.05, 0) is 25.1 Å². The van der Waals surface area contributed by atoms with Crippen LogP contribution >= 0.6 is 11.6 Å². The van der Waals surface area contributed by atoms with E-state index < -0.39 is 11.7 Å². The quantitative estimate of drug-likeness (QED) is 0.908. The first-order chi connectivity index (χ1) is 9.02.